The molecule has 0 atom stereocenters. The quantitative estimate of drug-likeness (QED) is 0.560. The van der Waals surface area contributed by atoms with Gasteiger partial charge < -0.3 is 15.4 Å². The van der Waals surface area contributed by atoms with Gasteiger partial charge in [0.05, 0.1) is 25.4 Å². The predicted octanol–water partition coefficient (Wildman–Crippen LogP) is 3.74. The van der Waals surface area contributed by atoms with Crippen molar-refractivity contribution in [1.29, 1.82) is 0 Å². The molecule has 0 radical (unpaired) electrons. The van der Waals surface area contributed by atoms with Crippen molar-refractivity contribution in [2.75, 3.05) is 13.2 Å². The number of rotatable bonds is 8. The average Bonchev–Trinajstić information content (AvgIpc) is 2.64. The van der Waals surface area contributed by atoms with E-state index in [2.05, 4.69) is 67.6 Å². The molecule has 140 valence electrons. The molecule has 0 aliphatic heterocycles. The van der Waals surface area contributed by atoms with Gasteiger partial charge in [-0.15, -0.1) is 0 Å². The molecule has 2 N–H and O–H groups in total. The maximum Gasteiger partial charge on any atom is 0.191 e. The lowest BCUT2D eigenvalue weighted by Gasteiger charge is -2.14. The summed E-state index contributed by atoms with van der Waals surface area (Å²) in [5.41, 5.74) is 4.49. The minimum absolute atomic E-state index is 0.565. The third kappa shape index (κ3) is 6.06. The summed E-state index contributed by atoms with van der Waals surface area (Å²) in [5, 5.41) is 6.64. The van der Waals surface area contributed by atoms with Crippen LogP contribution in [0.5, 0.6) is 5.75 Å². The Labute approximate surface area is 156 Å². The molecule has 0 unspecified atom stereocenters. The smallest absolute Gasteiger partial charge is 0.191 e. The van der Waals surface area contributed by atoms with Gasteiger partial charge in [0, 0.05) is 18.3 Å². The van der Waals surface area contributed by atoms with E-state index in [1.807, 2.05) is 12.3 Å². The number of hydrogen-bond acceptors (Lipinski definition) is 3. The van der Waals surface area contributed by atoms with Crippen LogP contribution < -0.4 is 15.4 Å². The lowest BCUT2D eigenvalue weighted by molar-refractivity contribution is 0.314. The van der Waals surface area contributed by atoms with Crippen molar-refractivity contribution in [3.05, 3.63) is 58.9 Å². The molecule has 1 aromatic heterocycles. The topological polar surface area (TPSA) is 58.5 Å². The molecular weight excluding hydrogens is 324 g/mol. The molecule has 5 nitrogen and oxygen atoms in total. The maximum absolute atomic E-state index is 5.88. The molecule has 1 aromatic carbocycles. The van der Waals surface area contributed by atoms with Gasteiger partial charge in [0.2, 0.25) is 0 Å². The van der Waals surface area contributed by atoms with Gasteiger partial charge in [0.15, 0.2) is 5.96 Å². The Morgan fingerprint density at radius 2 is 2.00 bits per heavy atom. The largest absolute Gasteiger partial charge is 0.493 e. The van der Waals surface area contributed by atoms with Crippen LogP contribution in [-0.2, 0) is 13.1 Å². The van der Waals surface area contributed by atoms with E-state index < -0.39 is 0 Å². The summed E-state index contributed by atoms with van der Waals surface area (Å²) in [7, 11) is 0. The maximum atomic E-state index is 5.88. The molecular formula is C21H30N4O. The van der Waals surface area contributed by atoms with Crippen molar-refractivity contribution in [2.45, 2.75) is 47.2 Å². The number of benzene rings is 1. The number of nitrogens with one attached hydrogen (secondary N) is 2. The van der Waals surface area contributed by atoms with Crippen LogP contribution in [0.15, 0.2) is 41.5 Å². The highest BCUT2D eigenvalue weighted by Crippen LogP contribution is 2.21. The Balaban J connectivity index is 2.07. The summed E-state index contributed by atoms with van der Waals surface area (Å²) < 4.78 is 5.88. The van der Waals surface area contributed by atoms with Crippen molar-refractivity contribution in [3.63, 3.8) is 0 Å². The predicted molar refractivity (Wildman–Crippen MR) is 108 cm³/mol. The third-order valence-electron chi connectivity index (χ3n) is 3.98. The molecule has 0 spiro atoms. The van der Waals surface area contributed by atoms with Gasteiger partial charge in [-0.25, -0.2) is 4.99 Å². The minimum Gasteiger partial charge on any atom is -0.493 e. The number of aromatic nitrogens is 1. The first-order valence-corrected chi connectivity index (χ1v) is 9.29. The Morgan fingerprint density at radius 3 is 2.73 bits per heavy atom. The molecule has 26 heavy (non-hydrogen) atoms. The van der Waals surface area contributed by atoms with Crippen LogP contribution in [0.25, 0.3) is 0 Å². The highest BCUT2D eigenvalue weighted by Gasteiger charge is 2.06. The lowest BCUT2D eigenvalue weighted by atomic mass is 10.1. The van der Waals surface area contributed by atoms with E-state index >= 15 is 0 Å². The standard InChI is InChI=1S/C21H30N4O/c1-5-12-26-20-13-16(3)9-10-18(20)14-24-21(22-6-2)25-15-19-17(4)8-7-11-23-19/h7-11,13H,5-6,12,14-15H2,1-4H3,(H2,22,24,25). The van der Waals surface area contributed by atoms with Gasteiger partial charge in [-0.1, -0.05) is 25.1 Å². The fourth-order valence-electron chi connectivity index (χ4n) is 2.52. The van der Waals surface area contributed by atoms with E-state index in [-0.39, 0.29) is 0 Å². The third-order valence-corrected chi connectivity index (χ3v) is 3.98. The molecule has 0 fully saturated rings. The van der Waals surface area contributed by atoms with E-state index in [0.717, 1.165) is 42.5 Å². The second-order valence-corrected chi connectivity index (χ2v) is 6.28. The van der Waals surface area contributed by atoms with E-state index in [4.69, 9.17) is 9.73 Å². The van der Waals surface area contributed by atoms with Crippen LogP contribution in [0.3, 0.4) is 0 Å². The molecule has 0 saturated heterocycles. The Hall–Kier alpha value is -2.56. The van der Waals surface area contributed by atoms with E-state index in [0.29, 0.717) is 13.1 Å². The van der Waals surface area contributed by atoms with Crippen LogP contribution in [0.2, 0.25) is 0 Å². The highest BCUT2D eigenvalue weighted by molar-refractivity contribution is 5.79. The Morgan fingerprint density at radius 1 is 1.15 bits per heavy atom. The first-order valence-electron chi connectivity index (χ1n) is 9.29. The molecule has 2 aromatic rings. The summed E-state index contributed by atoms with van der Waals surface area (Å²) in [6.07, 6.45) is 2.81. The van der Waals surface area contributed by atoms with Crippen LogP contribution in [0.4, 0.5) is 0 Å². The zero-order valence-corrected chi connectivity index (χ0v) is 16.3. The summed E-state index contributed by atoms with van der Waals surface area (Å²) in [6.45, 7) is 11.1. The second-order valence-electron chi connectivity index (χ2n) is 6.28. The van der Waals surface area contributed by atoms with Crippen molar-refractivity contribution in [3.8, 4) is 5.75 Å². The first kappa shape index (κ1) is 19.8. The normalized spacial score (nSPS) is 11.3. The fraction of sp³-hybridized carbons (Fsp3) is 0.429. The summed E-state index contributed by atoms with van der Waals surface area (Å²) in [4.78, 5) is 9.13. The van der Waals surface area contributed by atoms with Gasteiger partial charge in [-0.3, -0.25) is 4.98 Å². The van der Waals surface area contributed by atoms with Gasteiger partial charge in [-0.05, 0) is 50.5 Å². The number of guanidine groups is 1. The molecule has 2 rings (SSSR count). The van der Waals surface area contributed by atoms with E-state index in [9.17, 15) is 0 Å². The van der Waals surface area contributed by atoms with E-state index in [1.165, 1.54) is 11.1 Å². The van der Waals surface area contributed by atoms with Crippen LogP contribution in [-0.4, -0.2) is 24.1 Å². The molecule has 0 amide bonds. The van der Waals surface area contributed by atoms with Crippen LogP contribution >= 0.6 is 0 Å². The van der Waals surface area contributed by atoms with Gasteiger partial charge in [-0.2, -0.15) is 0 Å². The van der Waals surface area contributed by atoms with Crippen molar-refractivity contribution >= 4 is 5.96 Å². The SMILES string of the molecule is CCCOc1cc(C)ccc1CN=C(NCC)NCc1ncccc1C. The Kier molecular flexibility index (Phi) is 7.93. The zero-order valence-electron chi connectivity index (χ0n) is 16.3. The Bertz CT molecular complexity index is 728. The fourth-order valence-corrected chi connectivity index (χ4v) is 2.52. The number of pyridine rings is 1. The summed E-state index contributed by atoms with van der Waals surface area (Å²) in [6, 6.07) is 10.3. The summed E-state index contributed by atoms with van der Waals surface area (Å²) >= 11 is 0. The number of hydrogen-bond donors (Lipinski definition) is 2. The number of aliphatic imine (C=N–C) groups is 1. The monoisotopic (exact) mass is 354 g/mol. The highest BCUT2D eigenvalue weighted by atomic mass is 16.5. The molecule has 0 aliphatic rings. The zero-order chi connectivity index (χ0) is 18.8. The van der Waals surface area contributed by atoms with Gasteiger partial charge >= 0.3 is 0 Å². The minimum atomic E-state index is 0.565. The number of ether oxygens (including phenoxy) is 1. The van der Waals surface area contributed by atoms with Crippen molar-refractivity contribution in [1.82, 2.24) is 15.6 Å². The van der Waals surface area contributed by atoms with E-state index in [1.54, 1.807) is 0 Å². The number of nitrogens with zero attached hydrogens (tertiary/aromatic N) is 2. The lowest BCUT2D eigenvalue weighted by Crippen LogP contribution is -2.37. The van der Waals surface area contributed by atoms with Gasteiger partial charge in [0.25, 0.3) is 0 Å². The molecule has 5 heteroatoms. The second kappa shape index (κ2) is 10.4. The first-order chi connectivity index (χ1) is 12.6. The van der Waals surface area contributed by atoms with Crippen molar-refractivity contribution < 1.29 is 4.74 Å². The van der Waals surface area contributed by atoms with Gasteiger partial charge in [0.1, 0.15) is 5.75 Å². The number of aryl methyl sites for hydroxylation is 2. The average molecular weight is 354 g/mol. The van der Waals surface area contributed by atoms with Crippen molar-refractivity contribution in [2.24, 2.45) is 4.99 Å². The molecule has 0 aliphatic carbocycles. The molecule has 0 saturated carbocycles. The van der Waals surface area contributed by atoms with Crippen LogP contribution in [0, 0.1) is 13.8 Å². The molecule has 0 bridgehead atoms. The van der Waals surface area contributed by atoms with Crippen LogP contribution in [0.1, 0.15) is 42.7 Å². The summed E-state index contributed by atoms with van der Waals surface area (Å²) in [5.74, 6) is 1.70. The molecule has 1 heterocycles.